The third kappa shape index (κ3) is 2.25. The highest BCUT2D eigenvalue weighted by atomic mass is 32.1. The van der Waals surface area contributed by atoms with E-state index in [1.54, 1.807) is 11.6 Å². The summed E-state index contributed by atoms with van der Waals surface area (Å²) in [5, 5.41) is 11.2. The molecule has 0 spiro atoms. The van der Waals surface area contributed by atoms with E-state index in [1.807, 2.05) is 19.1 Å². The first-order valence-corrected chi connectivity index (χ1v) is 5.63. The monoisotopic (exact) mass is 234 g/mol. The third-order valence-electron chi connectivity index (χ3n) is 2.10. The molecule has 0 amide bonds. The zero-order chi connectivity index (χ0) is 11.5. The number of hydrogen-bond acceptors (Lipinski definition) is 4. The van der Waals surface area contributed by atoms with Crippen molar-refractivity contribution in [2.75, 3.05) is 0 Å². The number of nitrogens with zero attached hydrogens (tertiary/aromatic N) is 2. The van der Waals surface area contributed by atoms with Gasteiger partial charge in [-0.3, -0.25) is 9.78 Å². The lowest BCUT2D eigenvalue weighted by Crippen LogP contribution is -2.00. The van der Waals surface area contributed by atoms with Crippen molar-refractivity contribution in [1.82, 2.24) is 9.97 Å². The van der Waals surface area contributed by atoms with Gasteiger partial charge in [-0.2, -0.15) is 0 Å². The fourth-order valence-electron chi connectivity index (χ4n) is 1.36. The number of carboxylic acids is 1. The van der Waals surface area contributed by atoms with Crippen molar-refractivity contribution >= 4 is 17.3 Å². The number of aliphatic carboxylic acids is 1. The maximum Gasteiger partial charge on any atom is 0.309 e. The molecule has 0 saturated heterocycles. The van der Waals surface area contributed by atoms with Gasteiger partial charge in [0, 0.05) is 11.6 Å². The highest BCUT2D eigenvalue weighted by molar-refractivity contribution is 7.13. The summed E-state index contributed by atoms with van der Waals surface area (Å²) < 4.78 is 0. The number of pyridine rings is 1. The Kier molecular flexibility index (Phi) is 2.96. The standard InChI is InChI=1S/C11H10N2O2S/c1-7-3-2-4-12-10(7)11-13-8(6-16-11)5-9(14)15/h2-4,6H,5H2,1H3,(H,14,15). The van der Waals surface area contributed by atoms with Crippen molar-refractivity contribution in [2.45, 2.75) is 13.3 Å². The molecule has 2 aromatic heterocycles. The van der Waals surface area contributed by atoms with E-state index in [1.165, 1.54) is 11.3 Å². The van der Waals surface area contributed by atoms with E-state index < -0.39 is 5.97 Å². The van der Waals surface area contributed by atoms with Crippen LogP contribution in [0.2, 0.25) is 0 Å². The third-order valence-corrected chi connectivity index (χ3v) is 2.99. The molecule has 0 aliphatic carbocycles. The van der Waals surface area contributed by atoms with Crippen LogP contribution < -0.4 is 0 Å². The zero-order valence-corrected chi connectivity index (χ0v) is 9.49. The van der Waals surface area contributed by atoms with Gasteiger partial charge in [-0.1, -0.05) is 6.07 Å². The van der Waals surface area contributed by atoms with Crippen LogP contribution in [0.25, 0.3) is 10.7 Å². The lowest BCUT2D eigenvalue weighted by molar-refractivity contribution is -0.136. The predicted octanol–water partition coefficient (Wildman–Crippen LogP) is 2.14. The normalized spacial score (nSPS) is 10.3. The van der Waals surface area contributed by atoms with Crippen LogP contribution in [0, 0.1) is 6.92 Å². The number of carboxylic acid groups (broad SMARTS) is 1. The molecule has 2 aromatic rings. The molecule has 0 aliphatic rings. The minimum atomic E-state index is -0.866. The molecule has 16 heavy (non-hydrogen) atoms. The maximum absolute atomic E-state index is 10.5. The summed E-state index contributed by atoms with van der Waals surface area (Å²) in [4.78, 5) is 19.0. The fraction of sp³-hybridized carbons (Fsp3) is 0.182. The van der Waals surface area contributed by atoms with Gasteiger partial charge in [0.15, 0.2) is 0 Å². The van der Waals surface area contributed by atoms with Crippen molar-refractivity contribution in [3.63, 3.8) is 0 Å². The van der Waals surface area contributed by atoms with Crippen LogP contribution >= 0.6 is 11.3 Å². The van der Waals surface area contributed by atoms with E-state index in [9.17, 15) is 4.79 Å². The Balaban J connectivity index is 2.32. The number of carbonyl (C=O) groups is 1. The highest BCUT2D eigenvalue weighted by Crippen LogP contribution is 2.24. The zero-order valence-electron chi connectivity index (χ0n) is 8.67. The van der Waals surface area contributed by atoms with Crippen LogP contribution in [0.4, 0.5) is 0 Å². The molecule has 82 valence electrons. The molecule has 4 nitrogen and oxygen atoms in total. The van der Waals surface area contributed by atoms with Crippen molar-refractivity contribution < 1.29 is 9.90 Å². The summed E-state index contributed by atoms with van der Waals surface area (Å²) in [5.74, 6) is -0.866. The second-order valence-corrected chi connectivity index (χ2v) is 4.24. The number of hydrogen-bond donors (Lipinski definition) is 1. The van der Waals surface area contributed by atoms with Gasteiger partial charge in [0.05, 0.1) is 12.1 Å². The first-order chi connectivity index (χ1) is 7.66. The van der Waals surface area contributed by atoms with Gasteiger partial charge in [-0.05, 0) is 18.6 Å². The molecule has 2 rings (SSSR count). The largest absolute Gasteiger partial charge is 0.481 e. The van der Waals surface area contributed by atoms with Gasteiger partial charge in [-0.25, -0.2) is 4.98 Å². The van der Waals surface area contributed by atoms with Crippen molar-refractivity contribution in [1.29, 1.82) is 0 Å². The maximum atomic E-state index is 10.5. The SMILES string of the molecule is Cc1cccnc1-c1nc(CC(=O)O)cs1. The molecule has 0 fully saturated rings. The first-order valence-electron chi connectivity index (χ1n) is 4.75. The highest BCUT2D eigenvalue weighted by Gasteiger charge is 2.10. The van der Waals surface area contributed by atoms with Crippen LogP contribution in [0.3, 0.4) is 0 Å². The van der Waals surface area contributed by atoms with Crippen LogP contribution in [0.15, 0.2) is 23.7 Å². The summed E-state index contributed by atoms with van der Waals surface area (Å²) >= 11 is 1.42. The number of thiazole rings is 1. The van der Waals surface area contributed by atoms with Crippen LogP contribution in [-0.4, -0.2) is 21.0 Å². The van der Waals surface area contributed by atoms with Crippen LogP contribution in [-0.2, 0) is 11.2 Å². The minimum absolute atomic E-state index is 0.0393. The molecule has 0 aliphatic heterocycles. The Hall–Kier alpha value is -1.75. The second kappa shape index (κ2) is 4.40. The molecule has 5 heteroatoms. The van der Waals surface area contributed by atoms with Gasteiger partial charge in [0.25, 0.3) is 0 Å². The van der Waals surface area contributed by atoms with E-state index >= 15 is 0 Å². The fourth-order valence-corrected chi connectivity index (χ4v) is 2.24. The van der Waals surface area contributed by atoms with E-state index in [2.05, 4.69) is 9.97 Å². The smallest absolute Gasteiger partial charge is 0.309 e. The summed E-state index contributed by atoms with van der Waals surface area (Å²) in [5.41, 5.74) is 2.44. The Labute approximate surface area is 96.6 Å². The quantitative estimate of drug-likeness (QED) is 0.883. The summed E-state index contributed by atoms with van der Waals surface area (Å²) in [6.07, 6.45) is 1.67. The molecule has 0 unspecified atom stereocenters. The van der Waals surface area contributed by atoms with E-state index in [0.717, 1.165) is 16.3 Å². The van der Waals surface area contributed by atoms with E-state index in [4.69, 9.17) is 5.11 Å². The number of aryl methyl sites for hydroxylation is 1. The van der Waals surface area contributed by atoms with Gasteiger partial charge in [0.1, 0.15) is 10.7 Å². The van der Waals surface area contributed by atoms with Gasteiger partial charge in [0.2, 0.25) is 0 Å². The summed E-state index contributed by atoms with van der Waals surface area (Å²) in [6, 6.07) is 3.82. The minimum Gasteiger partial charge on any atom is -0.481 e. The van der Waals surface area contributed by atoms with Crippen molar-refractivity contribution in [2.24, 2.45) is 0 Å². The average molecular weight is 234 g/mol. The van der Waals surface area contributed by atoms with Gasteiger partial charge in [-0.15, -0.1) is 11.3 Å². The Morgan fingerprint density at radius 1 is 1.56 bits per heavy atom. The Bertz CT molecular complexity index is 522. The van der Waals surface area contributed by atoms with E-state index in [-0.39, 0.29) is 6.42 Å². The number of rotatable bonds is 3. The van der Waals surface area contributed by atoms with Crippen LogP contribution in [0.5, 0.6) is 0 Å². The molecule has 0 saturated carbocycles. The Morgan fingerprint density at radius 3 is 3.06 bits per heavy atom. The topological polar surface area (TPSA) is 63.1 Å². The lowest BCUT2D eigenvalue weighted by atomic mass is 10.2. The first kappa shape index (κ1) is 10.8. The predicted molar refractivity (Wildman–Crippen MR) is 61.4 cm³/mol. The molecule has 0 radical (unpaired) electrons. The van der Waals surface area contributed by atoms with E-state index in [0.29, 0.717) is 5.69 Å². The lowest BCUT2D eigenvalue weighted by Gasteiger charge is -1.98. The molecule has 1 N–H and O–H groups in total. The average Bonchev–Trinajstić information content (AvgIpc) is 2.66. The second-order valence-electron chi connectivity index (χ2n) is 3.38. The molecule has 2 heterocycles. The summed E-state index contributed by atoms with van der Waals surface area (Å²) in [6.45, 7) is 1.96. The molecule has 0 aromatic carbocycles. The molecule has 0 bridgehead atoms. The van der Waals surface area contributed by atoms with Gasteiger partial charge >= 0.3 is 5.97 Å². The number of aromatic nitrogens is 2. The molecule has 0 atom stereocenters. The van der Waals surface area contributed by atoms with Crippen molar-refractivity contribution in [3.05, 3.63) is 35.0 Å². The Morgan fingerprint density at radius 2 is 2.38 bits per heavy atom. The molecular weight excluding hydrogens is 224 g/mol. The van der Waals surface area contributed by atoms with Crippen LogP contribution in [0.1, 0.15) is 11.3 Å². The van der Waals surface area contributed by atoms with Crippen molar-refractivity contribution in [3.8, 4) is 10.7 Å². The summed E-state index contributed by atoms with van der Waals surface area (Å²) in [7, 11) is 0. The molecular formula is C11H10N2O2S. The van der Waals surface area contributed by atoms with Gasteiger partial charge < -0.3 is 5.11 Å².